The van der Waals surface area contributed by atoms with Crippen LogP contribution in [-0.4, -0.2) is 28.6 Å². The van der Waals surface area contributed by atoms with E-state index in [-0.39, 0.29) is 30.1 Å². The highest BCUT2D eigenvalue weighted by atomic mass is 16.4. The number of hydrogen-bond acceptors (Lipinski definition) is 4. The molecule has 2 rings (SSSR count). The Bertz CT molecular complexity index is 563. The highest BCUT2D eigenvalue weighted by molar-refractivity contribution is 6.43. The van der Waals surface area contributed by atoms with Crippen LogP contribution in [0.25, 0.3) is 0 Å². The van der Waals surface area contributed by atoms with Crippen molar-refractivity contribution in [3.63, 3.8) is 0 Å². The van der Waals surface area contributed by atoms with Gasteiger partial charge in [0.1, 0.15) is 5.71 Å². The average Bonchev–Trinajstić information content (AvgIpc) is 2.83. The van der Waals surface area contributed by atoms with Gasteiger partial charge in [0.15, 0.2) is 0 Å². The van der Waals surface area contributed by atoms with E-state index in [0.29, 0.717) is 0 Å². The average molecular weight is 261 g/mol. The molecule has 98 valence electrons. The van der Waals surface area contributed by atoms with E-state index in [1.807, 2.05) is 0 Å². The van der Waals surface area contributed by atoms with Crippen LogP contribution in [0.1, 0.15) is 22.3 Å². The molecule has 0 aliphatic carbocycles. The molecule has 0 aromatic heterocycles. The Kier molecular flexibility index (Phi) is 3.56. The number of carbonyl (C=O) groups excluding carboxylic acids is 2. The van der Waals surface area contributed by atoms with Gasteiger partial charge in [0.25, 0.3) is 5.91 Å². The lowest BCUT2D eigenvalue weighted by Crippen LogP contribution is -2.30. The lowest BCUT2D eigenvalue weighted by atomic mass is 10.1. The van der Waals surface area contributed by atoms with E-state index in [4.69, 9.17) is 5.11 Å². The fourth-order valence-electron chi connectivity index (χ4n) is 1.54. The molecule has 7 nitrogen and oxygen atoms in total. The summed E-state index contributed by atoms with van der Waals surface area (Å²) in [6.45, 7) is 0.242. The zero-order valence-electron chi connectivity index (χ0n) is 9.84. The first kappa shape index (κ1) is 12.7. The smallest absolute Gasteiger partial charge is 0.335 e. The van der Waals surface area contributed by atoms with Gasteiger partial charge in [-0.05, 0) is 17.7 Å². The van der Waals surface area contributed by atoms with Crippen LogP contribution in [0.4, 0.5) is 0 Å². The first-order chi connectivity index (χ1) is 9.06. The van der Waals surface area contributed by atoms with Crippen LogP contribution in [0, 0.1) is 0 Å². The minimum absolute atomic E-state index is 0.0240. The molecule has 2 amide bonds. The van der Waals surface area contributed by atoms with Crippen molar-refractivity contribution in [2.45, 2.75) is 13.0 Å². The largest absolute Gasteiger partial charge is 0.478 e. The van der Waals surface area contributed by atoms with E-state index >= 15 is 0 Å². The molecule has 19 heavy (non-hydrogen) atoms. The van der Waals surface area contributed by atoms with Gasteiger partial charge in [0, 0.05) is 6.54 Å². The van der Waals surface area contributed by atoms with E-state index in [0.717, 1.165) is 5.56 Å². The highest BCUT2D eigenvalue weighted by Crippen LogP contribution is 2.04. The Morgan fingerprint density at radius 1 is 1.32 bits per heavy atom. The maximum absolute atomic E-state index is 11.6. The molecule has 1 heterocycles. The van der Waals surface area contributed by atoms with Gasteiger partial charge < -0.3 is 10.4 Å². The summed E-state index contributed by atoms with van der Waals surface area (Å²) < 4.78 is 0. The molecule has 0 saturated heterocycles. The molecule has 0 spiro atoms. The predicted molar refractivity (Wildman–Crippen MR) is 65.4 cm³/mol. The van der Waals surface area contributed by atoms with E-state index in [1.54, 1.807) is 12.1 Å². The van der Waals surface area contributed by atoms with Crippen LogP contribution >= 0.6 is 0 Å². The van der Waals surface area contributed by atoms with Gasteiger partial charge in [0.05, 0.1) is 12.0 Å². The number of rotatable bonds is 4. The molecule has 0 atom stereocenters. The molecule has 3 N–H and O–H groups in total. The van der Waals surface area contributed by atoms with Gasteiger partial charge in [0.2, 0.25) is 5.91 Å². The fraction of sp³-hybridized carbons (Fsp3) is 0.167. The number of aromatic carboxylic acids is 1. The summed E-state index contributed by atoms with van der Waals surface area (Å²) in [5.74, 6) is -1.72. The van der Waals surface area contributed by atoms with E-state index in [2.05, 4.69) is 15.8 Å². The summed E-state index contributed by atoms with van der Waals surface area (Å²) in [6.07, 6.45) is -0.0240. The molecular weight excluding hydrogens is 250 g/mol. The number of hydrogen-bond donors (Lipinski definition) is 3. The van der Waals surface area contributed by atoms with Crippen molar-refractivity contribution in [3.8, 4) is 0 Å². The molecule has 0 saturated carbocycles. The van der Waals surface area contributed by atoms with Gasteiger partial charge in [-0.1, -0.05) is 12.1 Å². The molecule has 1 aromatic rings. The number of amides is 2. The molecule has 0 radical (unpaired) electrons. The van der Waals surface area contributed by atoms with Crippen LogP contribution in [0.2, 0.25) is 0 Å². The SMILES string of the molecule is O=C1CC(C(=O)NCc2ccc(C(=O)O)cc2)=NN1. The van der Waals surface area contributed by atoms with Crippen molar-refractivity contribution in [2.24, 2.45) is 5.10 Å². The van der Waals surface area contributed by atoms with Crippen molar-refractivity contribution in [1.82, 2.24) is 10.7 Å². The number of carbonyl (C=O) groups is 3. The first-order valence-electron chi connectivity index (χ1n) is 5.52. The second-order valence-corrected chi connectivity index (χ2v) is 3.96. The molecule has 0 fully saturated rings. The van der Waals surface area contributed by atoms with Gasteiger partial charge in [-0.3, -0.25) is 9.59 Å². The summed E-state index contributed by atoms with van der Waals surface area (Å²) in [7, 11) is 0. The van der Waals surface area contributed by atoms with Crippen molar-refractivity contribution in [2.75, 3.05) is 0 Å². The van der Waals surface area contributed by atoms with Crippen molar-refractivity contribution in [1.29, 1.82) is 0 Å². The van der Waals surface area contributed by atoms with E-state index in [1.165, 1.54) is 12.1 Å². The van der Waals surface area contributed by atoms with E-state index < -0.39 is 11.9 Å². The summed E-state index contributed by atoms with van der Waals surface area (Å²) in [5.41, 5.74) is 3.28. The number of nitrogens with zero attached hydrogens (tertiary/aromatic N) is 1. The third-order valence-electron chi connectivity index (χ3n) is 2.56. The Morgan fingerprint density at radius 3 is 2.53 bits per heavy atom. The van der Waals surface area contributed by atoms with Crippen LogP contribution in [0.15, 0.2) is 29.4 Å². The number of carboxylic acids is 1. The molecule has 0 bridgehead atoms. The lowest BCUT2D eigenvalue weighted by Gasteiger charge is -2.04. The Balaban J connectivity index is 1.90. The van der Waals surface area contributed by atoms with Crippen LogP contribution in [0.3, 0.4) is 0 Å². The predicted octanol–water partition coefficient (Wildman–Crippen LogP) is -0.123. The zero-order valence-corrected chi connectivity index (χ0v) is 9.84. The monoisotopic (exact) mass is 261 g/mol. The van der Waals surface area contributed by atoms with Crippen LogP contribution < -0.4 is 10.7 Å². The molecule has 1 aromatic carbocycles. The third kappa shape index (κ3) is 3.15. The Morgan fingerprint density at radius 2 is 2.00 bits per heavy atom. The van der Waals surface area contributed by atoms with Gasteiger partial charge in [-0.15, -0.1) is 0 Å². The Hall–Kier alpha value is -2.70. The lowest BCUT2D eigenvalue weighted by molar-refractivity contribution is -0.120. The van der Waals surface area contributed by atoms with Crippen molar-refractivity contribution >= 4 is 23.5 Å². The van der Waals surface area contributed by atoms with Gasteiger partial charge >= 0.3 is 5.97 Å². The molecular formula is C12H11N3O4. The van der Waals surface area contributed by atoms with Crippen molar-refractivity contribution in [3.05, 3.63) is 35.4 Å². The van der Waals surface area contributed by atoms with Gasteiger partial charge in [-0.25, -0.2) is 10.2 Å². The molecule has 1 aliphatic heterocycles. The normalized spacial score (nSPS) is 13.7. The number of hydrazone groups is 1. The highest BCUT2D eigenvalue weighted by Gasteiger charge is 2.20. The standard InChI is InChI=1S/C12H11N3O4/c16-10-5-9(14-15-10)11(17)13-6-7-1-3-8(4-2-7)12(18)19/h1-4H,5-6H2,(H,13,17)(H,15,16)(H,18,19). The number of benzene rings is 1. The maximum atomic E-state index is 11.6. The second-order valence-electron chi connectivity index (χ2n) is 3.96. The second kappa shape index (κ2) is 5.30. The minimum atomic E-state index is -1.000. The molecule has 0 unspecified atom stereocenters. The summed E-state index contributed by atoms with van der Waals surface area (Å²) in [4.78, 5) is 33.1. The van der Waals surface area contributed by atoms with Crippen molar-refractivity contribution < 1.29 is 19.5 Å². The van der Waals surface area contributed by atoms with Crippen LogP contribution in [0.5, 0.6) is 0 Å². The number of nitrogens with one attached hydrogen (secondary N) is 2. The Labute approximate surface area is 108 Å². The maximum Gasteiger partial charge on any atom is 0.335 e. The quantitative estimate of drug-likeness (QED) is 0.702. The molecule has 7 heteroatoms. The minimum Gasteiger partial charge on any atom is -0.478 e. The fourth-order valence-corrected chi connectivity index (χ4v) is 1.54. The third-order valence-corrected chi connectivity index (χ3v) is 2.56. The van der Waals surface area contributed by atoms with Crippen LogP contribution in [-0.2, 0) is 16.1 Å². The van der Waals surface area contributed by atoms with E-state index in [9.17, 15) is 14.4 Å². The topological polar surface area (TPSA) is 108 Å². The summed E-state index contributed by atoms with van der Waals surface area (Å²) in [5, 5.41) is 14.9. The summed E-state index contributed by atoms with van der Waals surface area (Å²) >= 11 is 0. The van der Waals surface area contributed by atoms with Gasteiger partial charge in [-0.2, -0.15) is 5.10 Å². The molecule has 1 aliphatic rings. The zero-order chi connectivity index (χ0) is 13.8. The number of carboxylic acid groups (broad SMARTS) is 1. The first-order valence-corrected chi connectivity index (χ1v) is 5.52. The summed E-state index contributed by atoms with van der Waals surface area (Å²) in [6, 6.07) is 6.15.